The molecule has 1 aromatic rings. The number of carbonyl (C=O) groups excluding carboxylic acids is 1. The average molecular weight is 262 g/mol. The summed E-state index contributed by atoms with van der Waals surface area (Å²) < 4.78 is 0. The van der Waals surface area contributed by atoms with Gasteiger partial charge < -0.3 is 15.7 Å². The predicted octanol–water partition coefficient (Wildman–Crippen LogP) is 1.95. The average Bonchev–Trinajstić information content (AvgIpc) is 2.41. The summed E-state index contributed by atoms with van der Waals surface area (Å²) in [4.78, 5) is 14.2. The molecule has 0 heterocycles. The number of nitrogen functional groups attached to an aromatic ring is 1. The lowest BCUT2D eigenvalue weighted by atomic mass is 9.91. The number of hydrogen-bond acceptors (Lipinski definition) is 3. The largest absolute Gasteiger partial charge is 0.398 e. The molecule has 104 valence electrons. The quantitative estimate of drug-likeness (QED) is 0.801. The van der Waals surface area contributed by atoms with Crippen molar-refractivity contribution in [3.8, 4) is 0 Å². The van der Waals surface area contributed by atoms with Gasteiger partial charge in [-0.25, -0.2) is 0 Å². The maximum Gasteiger partial charge on any atom is 0.254 e. The van der Waals surface area contributed by atoms with Gasteiger partial charge in [0.25, 0.3) is 5.91 Å². The molecule has 0 spiro atoms. The minimum absolute atomic E-state index is 0.0595. The maximum atomic E-state index is 12.5. The van der Waals surface area contributed by atoms with E-state index in [-0.39, 0.29) is 11.9 Å². The molecule has 1 aliphatic carbocycles. The lowest BCUT2D eigenvalue weighted by molar-refractivity contribution is 0.0267. The van der Waals surface area contributed by atoms with Gasteiger partial charge >= 0.3 is 0 Å². The summed E-state index contributed by atoms with van der Waals surface area (Å²) in [6.07, 6.45) is 3.33. The third kappa shape index (κ3) is 2.73. The van der Waals surface area contributed by atoms with E-state index in [4.69, 9.17) is 5.73 Å². The van der Waals surface area contributed by atoms with Gasteiger partial charge in [0.05, 0.1) is 12.1 Å². The van der Waals surface area contributed by atoms with Gasteiger partial charge in [-0.3, -0.25) is 4.79 Å². The van der Waals surface area contributed by atoms with Crippen LogP contribution in [0, 0.1) is 6.92 Å². The zero-order chi connectivity index (χ0) is 14.0. The smallest absolute Gasteiger partial charge is 0.254 e. The molecule has 1 aromatic carbocycles. The van der Waals surface area contributed by atoms with Crippen LogP contribution in [0.3, 0.4) is 0 Å². The lowest BCUT2D eigenvalue weighted by Gasteiger charge is -2.35. The monoisotopic (exact) mass is 262 g/mol. The number of anilines is 1. The number of aliphatic hydroxyl groups excluding tert-OH is 1. The third-order valence-corrected chi connectivity index (χ3v) is 4.12. The number of hydrogen-bond donors (Lipinski definition) is 2. The minimum Gasteiger partial charge on any atom is -0.398 e. The lowest BCUT2D eigenvalue weighted by Crippen LogP contribution is -2.46. The predicted molar refractivity (Wildman–Crippen MR) is 75.9 cm³/mol. The Hall–Kier alpha value is -1.55. The van der Waals surface area contributed by atoms with Gasteiger partial charge in [0, 0.05) is 18.3 Å². The third-order valence-electron chi connectivity index (χ3n) is 4.12. The fraction of sp³-hybridized carbons (Fsp3) is 0.533. The van der Waals surface area contributed by atoms with E-state index in [1.54, 1.807) is 30.1 Å². The van der Waals surface area contributed by atoms with Crippen LogP contribution < -0.4 is 5.73 Å². The van der Waals surface area contributed by atoms with E-state index >= 15 is 0 Å². The normalized spacial score (nSPS) is 23.1. The molecule has 19 heavy (non-hydrogen) atoms. The van der Waals surface area contributed by atoms with Crippen LogP contribution in [0.1, 0.15) is 41.6 Å². The van der Waals surface area contributed by atoms with Crippen LogP contribution in [0.15, 0.2) is 18.2 Å². The first-order valence-corrected chi connectivity index (χ1v) is 6.82. The molecule has 2 unspecified atom stereocenters. The Balaban J connectivity index is 2.21. The van der Waals surface area contributed by atoms with Crippen molar-refractivity contribution in [1.82, 2.24) is 4.90 Å². The molecule has 0 aliphatic heterocycles. The van der Waals surface area contributed by atoms with Crippen molar-refractivity contribution >= 4 is 11.6 Å². The van der Waals surface area contributed by atoms with Crippen LogP contribution in [0.4, 0.5) is 5.69 Å². The maximum absolute atomic E-state index is 12.5. The van der Waals surface area contributed by atoms with Gasteiger partial charge in [0.1, 0.15) is 0 Å². The molecule has 1 fully saturated rings. The Kier molecular flexibility index (Phi) is 4.10. The van der Waals surface area contributed by atoms with Gasteiger partial charge in [-0.1, -0.05) is 18.9 Å². The highest BCUT2D eigenvalue weighted by Gasteiger charge is 2.30. The van der Waals surface area contributed by atoms with Gasteiger partial charge in [-0.2, -0.15) is 0 Å². The first-order valence-electron chi connectivity index (χ1n) is 6.82. The van der Waals surface area contributed by atoms with Crippen LogP contribution in [-0.2, 0) is 0 Å². The number of aliphatic hydroxyl groups is 1. The Morgan fingerprint density at radius 2 is 2.05 bits per heavy atom. The van der Waals surface area contributed by atoms with Crippen LogP contribution in [0.5, 0.6) is 0 Å². The van der Waals surface area contributed by atoms with E-state index in [0.717, 1.165) is 31.2 Å². The van der Waals surface area contributed by atoms with E-state index in [1.807, 2.05) is 6.92 Å². The van der Waals surface area contributed by atoms with E-state index in [1.165, 1.54) is 0 Å². The van der Waals surface area contributed by atoms with Gasteiger partial charge in [-0.15, -0.1) is 0 Å². The van der Waals surface area contributed by atoms with E-state index in [9.17, 15) is 9.90 Å². The second kappa shape index (κ2) is 5.61. The van der Waals surface area contributed by atoms with Crippen LogP contribution in [0.2, 0.25) is 0 Å². The molecule has 0 aromatic heterocycles. The van der Waals surface area contributed by atoms with Gasteiger partial charge in [0.2, 0.25) is 0 Å². The van der Waals surface area contributed by atoms with Crippen molar-refractivity contribution in [1.29, 1.82) is 0 Å². The van der Waals surface area contributed by atoms with Crippen molar-refractivity contribution in [2.45, 2.75) is 44.8 Å². The second-order valence-electron chi connectivity index (χ2n) is 5.36. The fourth-order valence-electron chi connectivity index (χ4n) is 2.77. The van der Waals surface area contributed by atoms with Crippen molar-refractivity contribution < 1.29 is 9.90 Å². The number of carbonyl (C=O) groups is 1. The summed E-state index contributed by atoms with van der Waals surface area (Å²) in [6.45, 7) is 1.85. The van der Waals surface area contributed by atoms with Crippen LogP contribution >= 0.6 is 0 Å². The zero-order valence-electron chi connectivity index (χ0n) is 11.6. The summed E-state index contributed by atoms with van der Waals surface area (Å²) in [6, 6.07) is 5.30. The number of amides is 1. The standard InChI is InChI=1S/C15H22N2O2/c1-10-11(6-5-7-12(10)16)15(19)17(2)13-8-3-4-9-14(13)18/h5-7,13-14,18H,3-4,8-9,16H2,1-2H3. The molecule has 2 atom stereocenters. The second-order valence-corrected chi connectivity index (χ2v) is 5.36. The van der Waals surface area contributed by atoms with Gasteiger partial charge in [-0.05, 0) is 37.5 Å². The summed E-state index contributed by atoms with van der Waals surface area (Å²) in [5, 5.41) is 10.0. The molecule has 3 N–H and O–H groups in total. The van der Waals surface area contributed by atoms with Crippen LogP contribution in [-0.4, -0.2) is 35.1 Å². The number of rotatable bonds is 2. The van der Waals surface area contributed by atoms with E-state index in [0.29, 0.717) is 11.3 Å². The van der Waals surface area contributed by atoms with Crippen molar-refractivity contribution in [2.75, 3.05) is 12.8 Å². The molecule has 1 aliphatic rings. The minimum atomic E-state index is -0.413. The number of benzene rings is 1. The van der Waals surface area contributed by atoms with Gasteiger partial charge in [0.15, 0.2) is 0 Å². The Morgan fingerprint density at radius 1 is 1.37 bits per heavy atom. The fourth-order valence-corrected chi connectivity index (χ4v) is 2.77. The summed E-state index contributed by atoms with van der Waals surface area (Å²) in [7, 11) is 1.77. The summed E-state index contributed by atoms with van der Waals surface area (Å²) in [5.74, 6) is -0.0595. The Morgan fingerprint density at radius 3 is 2.74 bits per heavy atom. The topological polar surface area (TPSA) is 66.6 Å². The summed E-state index contributed by atoms with van der Waals surface area (Å²) in [5.41, 5.74) is 7.91. The number of likely N-dealkylation sites (N-methyl/N-ethyl adjacent to an activating group) is 1. The first kappa shape index (κ1) is 13.9. The SMILES string of the molecule is Cc1c(N)cccc1C(=O)N(C)C1CCCCC1O. The molecule has 1 saturated carbocycles. The Bertz CT molecular complexity index is 473. The number of nitrogens with two attached hydrogens (primary N) is 1. The molecule has 2 rings (SSSR count). The van der Waals surface area contributed by atoms with Crippen molar-refractivity contribution in [3.05, 3.63) is 29.3 Å². The molecular formula is C15H22N2O2. The van der Waals surface area contributed by atoms with E-state index in [2.05, 4.69) is 0 Å². The van der Waals surface area contributed by atoms with Crippen molar-refractivity contribution in [3.63, 3.8) is 0 Å². The summed E-state index contributed by atoms with van der Waals surface area (Å²) >= 11 is 0. The highest BCUT2D eigenvalue weighted by atomic mass is 16.3. The molecule has 0 bridgehead atoms. The van der Waals surface area contributed by atoms with E-state index < -0.39 is 6.10 Å². The molecule has 4 heteroatoms. The molecular weight excluding hydrogens is 240 g/mol. The molecule has 0 saturated heterocycles. The zero-order valence-corrected chi connectivity index (χ0v) is 11.6. The molecule has 4 nitrogen and oxygen atoms in total. The molecule has 1 amide bonds. The Labute approximate surface area is 114 Å². The first-order chi connectivity index (χ1) is 9.02. The molecule has 0 radical (unpaired) electrons. The van der Waals surface area contributed by atoms with Crippen LogP contribution in [0.25, 0.3) is 0 Å². The van der Waals surface area contributed by atoms with Crippen molar-refractivity contribution in [2.24, 2.45) is 0 Å². The highest BCUT2D eigenvalue weighted by molar-refractivity contribution is 5.97. The highest BCUT2D eigenvalue weighted by Crippen LogP contribution is 2.25. The number of nitrogens with zero attached hydrogens (tertiary/aromatic N) is 1.